The number of aromatic nitrogens is 4. The molecular weight excluding hydrogens is 602 g/mol. The molecule has 4 aromatic heterocycles. The molecule has 5 aromatic rings. The van der Waals surface area contributed by atoms with E-state index in [4.69, 9.17) is 9.97 Å². The maximum atomic E-state index is 4.73. The summed E-state index contributed by atoms with van der Waals surface area (Å²) in [4.78, 5) is 22.0. The van der Waals surface area contributed by atoms with E-state index in [2.05, 4.69) is 43.9 Å². The zero-order valence-corrected chi connectivity index (χ0v) is 20.2. The predicted molar refractivity (Wildman–Crippen MR) is 131 cm³/mol. The van der Waals surface area contributed by atoms with Gasteiger partial charge in [0, 0.05) is 80.5 Å². The second-order valence-corrected chi connectivity index (χ2v) is 7.64. The standard InChI is InChI=1S/C26H18BN6.Pt/c1-2-8-24-23(7-1)32(25-11-9-21(17-30-25)19-5-3-13-28-15-19)27-33(24)26-12-10-22(18-31-26)20-6-4-14-29-16-20;/h1-18H;. The van der Waals surface area contributed by atoms with E-state index in [1.54, 1.807) is 12.4 Å². The quantitative estimate of drug-likeness (QED) is 0.250. The van der Waals surface area contributed by atoms with E-state index in [0.29, 0.717) is 0 Å². The Balaban J connectivity index is 0.00000241. The molecule has 0 saturated heterocycles. The van der Waals surface area contributed by atoms with Crippen molar-refractivity contribution in [3.63, 3.8) is 0 Å². The second kappa shape index (κ2) is 9.58. The first-order valence-corrected chi connectivity index (χ1v) is 10.6. The van der Waals surface area contributed by atoms with Gasteiger partial charge in [-0.1, -0.05) is 24.3 Å². The van der Waals surface area contributed by atoms with Crippen molar-refractivity contribution < 1.29 is 21.1 Å². The summed E-state index contributed by atoms with van der Waals surface area (Å²) >= 11 is 0. The van der Waals surface area contributed by atoms with E-state index in [9.17, 15) is 0 Å². The van der Waals surface area contributed by atoms with Gasteiger partial charge in [0.15, 0.2) is 0 Å². The SMILES string of the molecule is [B]1N(c2ccc(-c3cccnc3)cn2)c2ccccc2N1c1ccc(-c2cccnc2)cn1.[Pt]. The van der Waals surface area contributed by atoms with Crippen LogP contribution in [0.4, 0.5) is 23.0 Å². The van der Waals surface area contributed by atoms with Crippen LogP contribution in [0.25, 0.3) is 22.3 Å². The molecule has 0 spiro atoms. The maximum absolute atomic E-state index is 4.73. The molecule has 0 aliphatic carbocycles. The van der Waals surface area contributed by atoms with E-state index >= 15 is 0 Å². The minimum atomic E-state index is 0. The van der Waals surface area contributed by atoms with Crippen molar-refractivity contribution in [2.45, 2.75) is 0 Å². The van der Waals surface area contributed by atoms with Crippen LogP contribution in [0.2, 0.25) is 0 Å². The van der Waals surface area contributed by atoms with E-state index in [1.807, 2.05) is 80.9 Å². The summed E-state index contributed by atoms with van der Waals surface area (Å²) in [5.41, 5.74) is 6.26. The van der Waals surface area contributed by atoms with Gasteiger partial charge in [-0.3, -0.25) is 9.97 Å². The first-order chi connectivity index (χ1) is 16.4. The minimum Gasteiger partial charge on any atom is -0.351 e. The molecule has 0 N–H and O–H groups in total. The van der Waals surface area contributed by atoms with Crippen LogP contribution in [-0.2, 0) is 21.1 Å². The number of pyridine rings is 4. The van der Waals surface area contributed by atoms with Crippen LogP contribution in [-0.4, -0.2) is 27.5 Å². The Morgan fingerprint density at radius 3 is 1.35 bits per heavy atom. The molecule has 6 rings (SSSR count). The topological polar surface area (TPSA) is 58.0 Å². The third kappa shape index (κ3) is 4.11. The molecule has 0 fully saturated rings. The summed E-state index contributed by atoms with van der Waals surface area (Å²) < 4.78 is 0. The molecule has 0 unspecified atom stereocenters. The summed E-state index contributed by atoms with van der Waals surface area (Å²) in [6.45, 7) is 0. The normalized spacial score (nSPS) is 12.0. The van der Waals surface area contributed by atoms with Crippen LogP contribution < -0.4 is 9.62 Å². The van der Waals surface area contributed by atoms with Crippen molar-refractivity contribution in [3.8, 4) is 22.3 Å². The van der Waals surface area contributed by atoms with Crippen LogP contribution in [0.3, 0.4) is 0 Å². The summed E-state index contributed by atoms with van der Waals surface area (Å²) in [6.07, 6.45) is 11.0. The zero-order chi connectivity index (χ0) is 22.0. The molecule has 34 heavy (non-hydrogen) atoms. The monoisotopic (exact) mass is 620 g/mol. The molecule has 0 atom stereocenters. The van der Waals surface area contributed by atoms with Gasteiger partial charge in [0.25, 0.3) is 0 Å². The van der Waals surface area contributed by atoms with Crippen LogP contribution in [0.1, 0.15) is 0 Å². The van der Waals surface area contributed by atoms with Gasteiger partial charge in [-0.15, -0.1) is 0 Å². The number of nitrogens with zero attached hydrogens (tertiary/aromatic N) is 6. The number of hydrogen-bond donors (Lipinski definition) is 0. The molecule has 0 bridgehead atoms. The zero-order valence-electron chi connectivity index (χ0n) is 18.0. The van der Waals surface area contributed by atoms with Gasteiger partial charge in [-0.05, 0) is 48.5 Å². The molecule has 0 saturated carbocycles. The summed E-state index contributed by atoms with van der Waals surface area (Å²) in [5, 5.41) is 0. The van der Waals surface area contributed by atoms with E-state index in [0.717, 1.165) is 45.3 Å². The number of anilines is 4. The largest absolute Gasteiger partial charge is 0.403 e. The molecule has 8 heteroatoms. The Bertz CT molecular complexity index is 1270. The van der Waals surface area contributed by atoms with Crippen molar-refractivity contribution in [2.75, 3.05) is 9.62 Å². The summed E-state index contributed by atoms with van der Waals surface area (Å²) in [6, 6.07) is 24.4. The van der Waals surface area contributed by atoms with Crippen molar-refractivity contribution in [3.05, 3.63) is 110 Å². The van der Waals surface area contributed by atoms with E-state index in [1.165, 1.54) is 0 Å². The molecule has 165 valence electrons. The number of hydrogen-bond acceptors (Lipinski definition) is 6. The van der Waals surface area contributed by atoms with Crippen LogP contribution in [0.15, 0.2) is 110 Å². The van der Waals surface area contributed by atoms with Gasteiger partial charge < -0.3 is 9.62 Å². The molecule has 0 amide bonds. The molecule has 1 aromatic carbocycles. The van der Waals surface area contributed by atoms with Gasteiger partial charge in [0.05, 0.1) is 11.4 Å². The van der Waals surface area contributed by atoms with Crippen molar-refractivity contribution >= 4 is 30.6 Å². The number of para-hydroxylation sites is 2. The molecule has 1 radical (unpaired) electrons. The Morgan fingerprint density at radius 2 is 0.971 bits per heavy atom. The number of rotatable bonds is 4. The van der Waals surface area contributed by atoms with Crippen molar-refractivity contribution in [2.24, 2.45) is 0 Å². The third-order valence-electron chi connectivity index (χ3n) is 5.61. The maximum Gasteiger partial charge on any atom is 0.403 e. The van der Waals surface area contributed by atoms with Crippen molar-refractivity contribution in [1.82, 2.24) is 19.9 Å². The Labute approximate surface area is 212 Å². The predicted octanol–water partition coefficient (Wildman–Crippen LogP) is 5.42. The molecule has 1 aliphatic rings. The van der Waals surface area contributed by atoms with Crippen molar-refractivity contribution in [1.29, 1.82) is 0 Å². The fourth-order valence-electron chi connectivity index (χ4n) is 3.94. The first kappa shape index (κ1) is 22.0. The van der Waals surface area contributed by atoms with Gasteiger partial charge in [-0.25, -0.2) is 9.97 Å². The fourth-order valence-corrected chi connectivity index (χ4v) is 3.94. The minimum absolute atomic E-state index is 0. The Morgan fingerprint density at radius 1 is 0.500 bits per heavy atom. The fraction of sp³-hybridized carbons (Fsp3) is 0. The number of fused-ring (bicyclic) bond motifs is 1. The Kier molecular flexibility index (Phi) is 6.19. The molecular formula is C26H18BN6Pt. The van der Waals surface area contributed by atoms with E-state index < -0.39 is 0 Å². The number of benzene rings is 1. The first-order valence-electron chi connectivity index (χ1n) is 10.6. The van der Waals surface area contributed by atoms with E-state index in [-0.39, 0.29) is 21.1 Å². The molecule has 5 heterocycles. The van der Waals surface area contributed by atoms with Gasteiger partial charge in [0.1, 0.15) is 11.6 Å². The average Bonchev–Trinajstić information content (AvgIpc) is 3.30. The molecule has 6 nitrogen and oxygen atoms in total. The molecule has 1 aliphatic heterocycles. The van der Waals surface area contributed by atoms with Crippen LogP contribution in [0, 0.1) is 0 Å². The second-order valence-electron chi connectivity index (χ2n) is 7.64. The summed E-state index contributed by atoms with van der Waals surface area (Å²) in [5.74, 6) is 1.68. The van der Waals surface area contributed by atoms with Gasteiger partial charge >= 0.3 is 7.55 Å². The van der Waals surface area contributed by atoms with Gasteiger partial charge in [0.2, 0.25) is 0 Å². The van der Waals surface area contributed by atoms with Gasteiger partial charge in [-0.2, -0.15) is 0 Å². The van der Waals surface area contributed by atoms with Crippen LogP contribution in [0.5, 0.6) is 0 Å². The smallest absolute Gasteiger partial charge is 0.351 e. The van der Waals surface area contributed by atoms with Crippen LogP contribution >= 0.6 is 0 Å². The third-order valence-corrected chi connectivity index (χ3v) is 5.61. The average molecular weight is 620 g/mol. The summed E-state index contributed by atoms with van der Waals surface area (Å²) in [7, 11) is 2.03. The Hall–Kier alpha value is -3.83.